The molecule has 1 aromatic carbocycles. The van der Waals surface area contributed by atoms with Crippen LogP contribution in [0, 0.1) is 0 Å². The van der Waals surface area contributed by atoms with Crippen molar-refractivity contribution in [3.63, 3.8) is 0 Å². The Labute approximate surface area is 165 Å². The summed E-state index contributed by atoms with van der Waals surface area (Å²) in [6.07, 6.45) is 12.5. The maximum absolute atomic E-state index is 6.38. The van der Waals surface area contributed by atoms with Crippen molar-refractivity contribution in [1.82, 2.24) is 15.0 Å². The molecule has 5 nitrogen and oxygen atoms in total. The molecular formula is C23H24N4O. The molecule has 0 bridgehead atoms. The Morgan fingerprint density at radius 1 is 0.964 bits per heavy atom. The summed E-state index contributed by atoms with van der Waals surface area (Å²) < 4.78 is 6.38. The van der Waals surface area contributed by atoms with E-state index < -0.39 is 0 Å². The van der Waals surface area contributed by atoms with Crippen LogP contribution in [0.3, 0.4) is 0 Å². The van der Waals surface area contributed by atoms with Crippen LogP contribution in [0.2, 0.25) is 0 Å². The largest absolute Gasteiger partial charge is 0.369 e. The molecule has 1 aliphatic carbocycles. The van der Waals surface area contributed by atoms with Gasteiger partial charge in [0.15, 0.2) is 0 Å². The Kier molecular flexibility index (Phi) is 4.53. The molecule has 1 unspecified atom stereocenters. The molecule has 0 amide bonds. The summed E-state index contributed by atoms with van der Waals surface area (Å²) in [6.45, 7) is 2.61. The lowest BCUT2D eigenvalue weighted by Gasteiger charge is -2.40. The molecule has 1 saturated heterocycles. The van der Waals surface area contributed by atoms with E-state index in [-0.39, 0.29) is 11.5 Å². The number of pyridine rings is 1. The number of fused-ring (bicyclic) bond motifs is 2. The highest BCUT2D eigenvalue weighted by molar-refractivity contribution is 5.44. The molecule has 1 fully saturated rings. The van der Waals surface area contributed by atoms with Gasteiger partial charge in [0.2, 0.25) is 0 Å². The predicted molar refractivity (Wildman–Crippen MR) is 108 cm³/mol. The summed E-state index contributed by atoms with van der Waals surface area (Å²) in [5.74, 6) is 0.980. The Morgan fingerprint density at radius 3 is 2.61 bits per heavy atom. The fourth-order valence-corrected chi connectivity index (χ4v) is 4.76. The molecule has 0 saturated carbocycles. The van der Waals surface area contributed by atoms with Crippen LogP contribution in [-0.2, 0) is 16.8 Å². The molecule has 5 heteroatoms. The third-order valence-electron chi connectivity index (χ3n) is 6.22. The molecule has 2 aliphatic rings. The molecule has 0 N–H and O–H groups in total. The van der Waals surface area contributed by atoms with Crippen molar-refractivity contribution < 1.29 is 4.74 Å². The van der Waals surface area contributed by atoms with Gasteiger partial charge in [0, 0.05) is 43.3 Å². The second kappa shape index (κ2) is 7.32. The van der Waals surface area contributed by atoms with Crippen LogP contribution in [0.1, 0.15) is 42.1 Å². The molecular weight excluding hydrogens is 348 g/mol. The van der Waals surface area contributed by atoms with Crippen molar-refractivity contribution in [2.24, 2.45) is 0 Å². The first-order chi connectivity index (χ1) is 13.8. The van der Waals surface area contributed by atoms with Gasteiger partial charge in [0.1, 0.15) is 5.82 Å². The van der Waals surface area contributed by atoms with Crippen molar-refractivity contribution in [3.05, 3.63) is 84.1 Å². The molecule has 142 valence electrons. The van der Waals surface area contributed by atoms with Crippen molar-refractivity contribution in [1.29, 1.82) is 0 Å². The highest BCUT2D eigenvalue weighted by Crippen LogP contribution is 2.52. The Bertz CT molecular complexity index is 924. The first-order valence-electron chi connectivity index (χ1n) is 9.95. The number of hydrogen-bond acceptors (Lipinski definition) is 5. The van der Waals surface area contributed by atoms with E-state index in [1.807, 2.05) is 18.5 Å². The van der Waals surface area contributed by atoms with E-state index in [2.05, 4.69) is 50.2 Å². The van der Waals surface area contributed by atoms with E-state index in [9.17, 15) is 0 Å². The molecule has 1 aliphatic heterocycles. The van der Waals surface area contributed by atoms with Gasteiger partial charge in [-0.15, -0.1) is 0 Å². The number of rotatable bonds is 4. The van der Waals surface area contributed by atoms with Gasteiger partial charge >= 0.3 is 0 Å². The van der Waals surface area contributed by atoms with Crippen molar-refractivity contribution >= 4 is 5.82 Å². The van der Waals surface area contributed by atoms with Gasteiger partial charge in [-0.25, -0.2) is 4.98 Å². The normalized spacial score (nSPS) is 20.3. The number of hydrogen-bond donors (Lipinski definition) is 0. The summed E-state index contributed by atoms with van der Waals surface area (Å²) >= 11 is 0. The van der Waals surface area contributed by atoms with Crippen molar-refractivity contribution in [2.45, 2.75) is 37.4 Å². The zero-order chi connectivity index (χ0) is 18.8. The molecule has 5 rings (SSSR count). The zero-order valence-corrected chi connectivity index (χ0v) is 15.9. The van der Waals surface area contributed by atoms with Gasteiger partial charge in [0.05, 0.1) is 18.9 Å². The smallest absolute Gasteiger partial charge is 0.147 e. The molecule has 28 heavy (non-hydrogen) atoms. The quantitative estimate of drug-likeness (QED) is 0.691. The number of piperidine rings is 1. The van der Waals surface area contributed by atoms with Gasteiger partial charge in [-0.1, -0.05) is 30.3 Å². The van der Waals surface area contributed by atoms with Crippen LogP contribution < -0.4 is 4.90 Å². The monoisotopic (exact) mass is 372 g/mol. The van der Waals surface area contributed by atoms with Crippen LogP contribution in [0.15, 0.2) is 67.4 Å². The number of nitrogens with zero attached hydrogens (tertiary/aromatic N) is 4. The van der Waals surface area contributed by atoms with E-state index in [0.717, 1.165) is 43.7 Å². The fourth-order valence-electron chi connectivity index (χ4n) is 4.76. The number of aromatic nitrogens is 3. The minimum absolute atomic E-state index is 0.152. The average molecular weight is 372 g/mol. The van der Waals surface area contributed by atoms with Crippen LogP contribution in [-0.4, -0.2) is 28.0 Å². The number of ether oxygens (including phenoxy) is 1. The van der Waals surface area contributed by atoms with Crippen LogP contribution in [0.5, 0.6) is 0 Å². The van der Waals surface area contributed by atoms with E-state index >= 15 is 0 Å². The third kappa shape index (κ3) is 3.16. The minimum atomic E-state index is 0.152. The van der Waals surface area contributed by atoms with E-state index in [1.165, 1.54) is 11.1 Å². The van der Waals surface area contributed by atoms with Gasteiger partial charge in [-0.2, -0.15) is 0 Å². The first-order valence-corrected chi connectivity index (χ1v) is 9.95. The van der Waals surface area contributed by atoms with Crippen molar-refractivity contribution in [3.8, 4) is 0 Å². The fraction of sp³-hybridized carbons (Fsp3) is 0.348. The van der Waals surface area contributed by atoms with E-state index in [0.29, 0.717) is 6.61 Å². The number of anilines is 1. The van der Waals surface area contributed by atoms with Crippen LogP contribution >= 0.6 is 0 Å². The Morgan fingerprint density at radius 2 is 1.82 bits per heavy atom. The molecule has 0 radical (unpaired) electrons. The van der Waals surface area contributed by atoms with Crippen LogP contribution in [0.25, 0.3) is 0 Å². The highest BCUT2D eigenvalue weighted by atomic mass is 16.5. The summed E-state index contributed by atoms with van der Waals surface area (Å²) in [5.41, 5.74) is 4.16. The average Bonchev–Trinajstić information content (AvgIpc) is 3.08. The summed E-state index contributed by atoms with van der Waals surface area (Å²) in [4.78, 5) is 15.2. The SMILES string of the molecule is c1cncc(COC2CC3(CCN(c4cnccn4)CC3)c3ccccc32)c1. The minimum Gasteiger partial charge on any atom is -0.369 e. The van der Waals surface area contributed by atoms with Crippen molar-refractivity contribution in [2.75, 3.05) is 18.0 Å². The Balaban J connectivity index is 1.33. The lowest BCUT2D eigenvalue weighted by Crippen LogP contribution is -2.42. The lowest BCUT2D eigenvalue weighted by atomic mass is 9.74. The zero-order valence-electron chi connectivity index (χ0n) is 15.9. The summed E-state index contributed by atoms with van der Waals surface area (Å²) in [6, 6.07) is 12.9. The standard InChI is InChI=1S/C23H24N4O/c1-2-6-20-19(5-1)21(28-17-18-4-3-9-24-15-18)14-23(20)7-12-27(13-8-23)22-16-25-10-11-26-22/h1-6,9-11,15-16,21H,7-8,12-14,17H2. The predicted octanol–water partition coefficient (Wildman–Crippen LogP) is 4.07. The maximum Gasteiger partial charge on any atom is 0.147 e. The molecule has 3 aromatic rings. The highest BCUT2D eigenvalue weighted by Gasteiger charge is 2.45. The van der Waals surface area contributed by atoms with Gasteiger partial charge in [-0.3, -0.25) is 9.97 Å². The third-order valence-corrected chi connectivity index (χ3v) is 6.22. The second-order valence-corrected chi connectivity index (χ2v) is 7.78. The molecule has 3 heterocycles. The van der Waals surface area contributed by atoms with Gasteiger partial charge < -0.3 is 9.64 Å². The topological polar surface area (TPSA) is 51.1 Å². The number of benzene rings is 1. The first kappa shape index (κ1) is 17.3. The lowest BCUT2D eigenvalue weighted by molar-refractivity contribution is 0.0272. The van der Waals surface area contributed by atoms with Crippen LogP contribution in [0.4, 0.5) is 5.82 Å². The molecule has 1 atom stereocenters. The molecule has 1 spiro atoms. The Hall–Kier alpha value is -2.79. The summed E-state index contributed by atoms with van der Waals surface area (Å²) in [5, 5.41) is 0. The van der Waals surface area contributed by atoms with Gasteiger partial charge in [0.25, 0.3) is 0 Å². The van der Waals surface area contributed by atoms with E-state index in [4.69, 9.17) is 4.74 Å². The molecule has 2 aromatic heterocycles. The summed E-state index contributed by atoms with van der Waals surface area (Å²) in [7, 11) is 0. The maximum atomic E-state index is 6.38. The van der Waals surface area contributed by atoms with E-state index in [1.54, 1.807) is 18.6 Å². The second-order valence-electron chi connectivity index (χ2n) is 7.78. The van der Waals surface area contributed by atoms with Gasteiger partial charge in [-0.05, 0) is 42.0 Å².